The minimum absolute atomic E-state index is 0.412. The molecule has 4 nitrogen and oxygen atoms in total. The second kappa shape index (κ2) is 5.67. The van der Waals surface area contributed by atoms with E-state index in [0.717, 1.165) is 12.8 Å². The molecule has 0 bridgehead atoms. The zero-order chi connectivity index (χ0) is 9.52. The summed E-state index contributed by atoms with van der Waals surface area (Å²) in [6, 6.07) is 0.440. The zero-order valence-corrected chi connectivity index (χ0v) is 8.19. The number of nitrogens with one attached hydrogen (secondary N) is 2. The van der Waals surface area contributed by atoms with Crippen LogP contribution in [0.1, 0.15) is 32.1 Å². The lowest BCUT2D eigenvalue weighted by atomic mass is 9.96. The van der Waals surface area contributed by atoms with E-state index in [9.17, 15) is 4.79 Å². The number of hydrazone groups is 1. The van der Waals surface area contributed by atoms with Crippen LogP contribution in [-0.2, 0) is 4.79 Å². The van der Waals surface area contributed by atoms with Gasteiger partial charge in [0.1, 0.15) is 0 Å². The summed E-state index contributed by atoms with van der Waals surface area (Å²) in [5, 5.41) is 6.69. The quantitative estimate of drug-likeness (QED) is 0.302. The van der Waals surface area contributed by atoms with Gasteiger partial charge < -0.3 is 5.32 Å². The highest BCUT2D eigenvalue weighted by Crippen LogP contribution is 2.16. The molecule has 0 saturated heterocycles. The topological polar surface area (TPSA) is 53.5 Å². The monoisotopic (exact) mass is 199 g/mol. The summed E-state index contributed by atoms with van der Waals surface area (Å²) in [5.41, 5.74) is 2.40. The molecule has 0 atom stereocenters. The summed E-state index contributed by atoms with van der Waals surface area (Å²) in [6.07, 6.45) is 7.47. The smallest absolute Gasteiger partial charge is 0.258 e. The van der Waals surface area contributed by atoms with Crippen LogP contribution in [0.15, 0.2) is 5.10 Å². The molecule has 0 aromatic carbocycles. The standard InChI is InChI=1S/C8H13N3OS/c12-6-9-11-8(13)10-7-4-2-1-3-5-7/h7H,1-5H2,(H2,10,11,13). The van der Waals surface area contributed by atoms with Crippen molar-refractivity contribution in [3.8, 4) is 0 Å². The first-order chi connectivity index (χ1) is 6.33. The SMILES string of the molecule is O=C=NNC(=S)NC1CCCCC1. The first-order valence-electron chi connectivity index (χ1n) is 4.46. The molecule has 0 unspecified atom stereocenters. The van der Waals surface area contributed by atoms with Gasteiger partial charge in [-0.25, -0.2) is 10.2 Å². The van der Waals surface area contributed by atoms with Crippen LogP contribution in [0.5, 0.6) is 0 Å². The number of nitrogens with zero attached hydrogens (tertiary/aromatic N) is 1. The van der Waals surface area contributed by atoms with Crippen molar-refractivity contribution in [2.75, 3.05) is 0 Å². The first kappa shape index (κ1) is 10.2. The summed E-state index contributed by atoms with van der Waals surface area (Å²) < 4.78 is 0. The van der Waals surface area contributed by atoms with Gasteiger partial charge in [0.25, 0.3) is 6.08 Å². The molecule has 13 heavy (non-hydrogen) atoms. The molecule has 1 rings (SSSR count). The van der Waals surface area contributed by atoms with Crippen LogP contribution in [0, 0.1) is 0 Å². The lowest BCUT2D eigenvalue weighted by Gasteiger charge is -2.23. The molecule has 1 aliphatic carbocycles. The van der Waals surface area contributed by atoms with Gasteiger partial charge in [0.15, 0.2) is 5.11 Å². The molecule has 0 amide bonds. The van der Waals surface area contributed by atoms with E-state index in [1.807, 2.05) is 0 Å². The van der Waals surface area contributed by atoms with Gasteiger partial charge in [-0.3, -0.25) is 0 Å². The molecular formula is C8H13N3OS. The predicted molar refractivity (Wildman–Crippen MR) is 53.9 cm³/mol. The van der Waals surface area contributed by atoms with E-state index in [1.165, 1.54) is 25.3 Å². The molecule has 0 aliphatic heterocycles. The van der Waals surface area contributed by atoms with Crippen molar-refractivity contribution in [1.82, 2.24) is 10.7 Å². The van der Waals surface area contributed by atoms with Crippen LogP contribution in [0.4, 0.5) is 0 Å². The van der Waals surface area contributed by atoms with Crippen LogP contribution in [0.2, 0.25) is 0 Å². The lowest BCUT2D eigenvalue weighted by Crippen LogP contribution is -2.40. The van der Waals surface area contributed by atoms with E-state index in [1.54, 1.807) is 0 Å². The van der Waals surface area contributed by atoms with Crippen molar-refractivity contribution in [1.29, 1.82) is 0 Å². The van der Waals surface area contributed by atoms with Gasteiger partial charge >= 0.3 is 0 Å². The summed E-state index contributed by atoms with van der Waals surface area (Å²) in [5.74, 6) is 0. The third kappa shape index (κ3) is 4.01. The Balaban J connectivity index is 2.21. The molecule has 1 aliphatic rings. The Morgan fingerprint density at radius 1 is 1.38 bits per heavy atom. The highest BCUT2D eigenvalue weighted by molar-refractivity contribution is 7.80. The Morgan fingerprint density at radius 2 is 2.08 bits per heavy atom. The molecule has 0 heterocycles. The molecule has 0 aromatic rings. The largest absolute Gasteiger partial charge is 0.359 e. The van der Waals surface area contributed by atoms with Crippen molar-refractivity contribution in [2.24, 2.45) is 5.10 Å². The fourth-order valence-electron chi connectivity index (χ4n) is 1.54. The van der Waals surface area contributed by atoms with Crippen LogP contribution >= 0.6 is 12.2 Å². The Kier molecular flexibility index (Phi) is 4.43. The summed E-state index contributed by atoms with van der Waals surface area (Å²) in [4.78, 5) is 9.76. The van der Waals surface area contributed by atoms with Gasteiger partial charge in [0.2, 0.25) is 0 Å². The van der Waals surface area contributed by atoms with E-state index >= 15 is 0 Å². The summed E-state index contributed by atoms with van der Waals surface area (Å²) in [7, 11) is 0. The van der Waals surface area contributed by atoms with Crippen LogP contribution < -0.4 is 10.7 Å². The van der Waals surface area contributed by atoms with Gasteiger partial charge in [0, 0.05) is 6.04 Å². The molecule has 1 fully saturated rings. The van der Waals surface area contributed by atoms with Gasteiger partial charge in [-0.2, -0.15) is 0 Å². The fraction of sp³-hybridized carbons (Fsp3) is 0.750. The second-order valence-electron chi connectivity index (χ2n) is 3.12. The van der Waals surface area contributed by atoms with Gasteiger partial charge in [0.05, 0.1) is 0 Å². The van der Waals surface area contributed by atoms with E-state index in [4.69, 9.17) is 12.2 Å². The first-order valence-corrected chi connectivity index (χ1v) is 4.87. The maximum atomic E-state index is 9.76. The number of hydrogen-bond acceptors (Lipinski definition) is 3. The number of rotatable bonds is 2. The highest BCUT2D eigenvalue weighted by Gasteiger charge is 2.13. The van der Waals surface area contributed by atoms with Crippen molar-refractivity contribution in [2.45, 2.75) is 38.1 Å². The third-order valence-corrected chi connectivity index (χ3v) is 2.35. The van der Waals surface area contributed by atoms with Crippen LogP contribution in [0.3, 0.4) is 0 Å². The minimum Gasteiger partial charge on any atom is -0.359 e. The van der Waals surface area contributed by atoms with E-state index < -0.39 is 0 Å². The average Bonchev–Trinajstić information content (AvgIpc) is 2.16. The number of hydrogen-bond donors (Lipinski definition) is 2. The van der Waals surface area contributed by atoms with Crippen molar-refractivity contribution < 1.29 is 4.79 Å². The Hall–Kier alpha value is -0.930. The Morgan fingerprint density at radius 3 is 2.69 bits per heavy atom. The molecule has 72 valence electrons. The van der Waals surface area contributed by atoms with Gasteiger partial charge in [-0.1, -0.05) is 24.4 Å². The van der Waals surface area contributed by atoms with E-state index in [-0.39, 0.29) is 0 Å². The molecule has 0 radical (unpaired) electrons. The van der Waals surface area contributed by atoms with E-state index in [0.29, 0.717) is 11.2 Å². The van der Waals surface area contributed by atoms with Crippen LogP contribution in [0.25, 0.3) is 0 Å². The van der Waals surface area contributed by atoms with Crippen molar-refractivity contribution >= 4 is 23.4 Å². The fourth-order valence-corrected chi connectivity index (χ4v) is 1.75. The highest BCUT2D eigenvalue weighted by atomic mass is 32.1. The molecular weight excluding hydrogens is 186 g/mol. The third-order valence-electron chi connectivity index (χ3n) is 2.14. The normalized spacial score (nSPS) is 17.2. The summed E-state index contributed by atoms with van der Waals surface area (Å²) >= 11 is 4.91. The number of isocyanates is 1. The zero-order valence-electron chi connectivity index (χ0n) is 7.38. The molecule has 1 saturated carbocycles. The van der Waals surface area contributed by atoms with Gasteiger partial charge in [-0.05, 0) is 25.1 Å². The molecule has 0 aromatic heterocycles. The average molecular weight is 199 g/mol. The Labute approximate surface area is 82.8 Å². The molecule has 0 spiro atoms. The van der Waals surface area contributed by atoms with E-state index in [2.05, 4.69) is 15.8 Å². The van der Waals surface area contributed by atoms with Crippen LogP contribution in [-0.4, -0.2) is 17.2 Å². The maximum absolute atomic E-state index is 9.76. The van der Waals surface area contributed by atoms with Crippen molar-refractivity contribution in [3.63, 3.8) is 0 Å². The Bertz CT molecular complexity index is 219. The number of carbonyl (C=O) groups excluding carboxylic acids is 1. The maximum Gasteiger partial charge on any atom is 0.258 e. The van der Waals surface area contributed by atoms with Gasteiger partial charge in [-0.15, -0.1) is 0 Å². The molecule has 2 N–H and O–H groups in total. The lowest BCUT2D eigenvalue weighted by molar-refractivity contribution is 0.412. The molecule has 5 heteroatoms. The number of thiocarbonyl (C=S) groups is 1. The predicted octanol–water partition coefficient (Wildman–Crippen LogP) is 1.03. The second-order valence-corrected chi connectivity index (χ2v) is 3.53. The summed E-state index contributed by atoms with van der Waals surface area (Å²) in [6.45, 7) is 0. The minimum atomic E-state index is 0.412. The van der Waals surface area contributed by atoms with Crippen molar-refractivity contribution in [3.05, 3.63) is 0 Å².